The quantitative estimate of drug-likeness (QED) is 0.698. The van der Waals surface area contributed by atoms with Crippen LogP contribution in [0.25, 0.3) is 5.57 Å². The molecule has 0 N–H and O–H groups in total. The number of benzene rings is 1. The smallest absolute Gasteiger partial charge is 0.123 e. The lowest BCUT2D eigenvalue weighted by Gasteiger charge is -2.30. The molecule has 0 aromatic heterocycles. The van der Waals surface area contributed by atoms with Crippen LogP contribution >= 0.6 is 0 Å². The summed E-state index contributed by atoms with van der Waals surface area (Å²) < 4.78 is 12.9. The van der Waals surface area contributed by atoms with Gasteiger partial charge in [0.05, 0.1) is 0 Å². The zero-order valence-corrected chi connectivity index (χ0v) is 9.49. The van der Waals surface area contributed by atoms with E-state index in [9.17, 15) is 4.39 Å². The number of fused-ring (bicyclic) bond motifs is 2. The summed E-state index contributed by atoms with van der Waals surface area (Å²) >= 11 is 0. The summed E-state index contributed by atoms with van der Waals surface area (Å²) in [6, 6.07) is 8.18. The van der Waals surface area contributed by atoms with Crippen molar-refractivity contribution in [3.8, 4) is 0 Å². The average Bonchev–Trinajstić information content (AvgIpc) is 2.54. The molecule has 0 unspecified atom stereocenters. The van der Waals surface area contributed by atoms with Gasteiger partial charge in [0, 0.05) is 12.1 Å². The molecule has 1 saturated heterocycles. The highest BCUT2D eigenvalue weighted by atomic mass is 19.1. The molecule has 2 aliphatic heterocycles. The minimum Gasteiger partial charge on any atom is -0.297 e. The molecule has 0 spiro atoms. The van der Waals surface area contributed by atoms with Crippen LogP contribution in [0.3, 0.4) is 0 Å². The lowest BCUT2D eigenvalue weighted by molar-refractivity contribution is 0.264. The number of hydrogen-bond acceptors (Lipinski definition) is 1. The van der Waals surface area contributed by atoms with Gasteiger partial charge in [-0.05, 0) is 49.6 Å². The van der Waals surface area contributed by atoms with Crippen molar-refractivity contribution in [2.75, 3.05) is 7.05 Å². The van der Waals surface area contributed by atoms with E-state index in [4.69, 9.17) is 0 Å². The molecule has 0 amide bonds. The van der Waals surface area contributed by atoms with Crippen molar-refractivity contribution in [2.24, 2.45) is 0 Å². The third kappa shape index (κ3) is 1.57. The average molecular weight is 217 g/mol. The van der Waals surface area contributed by atoms with Crippen LogP contribution in [0, 0.1) is 5.82 Å². The maximum absolute atomic E-state index is 12.9. The molecular formula is C14H16FN. The summed E-state index contributed by atoms with van der Waals surface area (Å²) in [6.07, 6.45) is 6.03. The summed E-state index contributed by atoms with van der Waals surface area (Å²) in [5.41, 5.74) is 2.58. The van der Waals surface area contributed by atoms with Crippen LogP contribution in [0.5, 0.6) is 0 Å². The molecule has 0 radical (unpaired) electrons. The first-order chi connectivity index (χ1) is 7.74. The van der Waals surface area contributed by atoms with E-state index in [2.05, 4.69) is 18.0 Å². The highest BCUT2D eigenvalue weighted by molar-refractivity contribution is 5.68. The van der Waals surface area contributed by atoms with E-state index in [0.717, 1.165) is 6.42 Å². The molecule has 2 heterocycles. The lowest BCUT2D eigenvalue weighted by Crippen LogP contribution is -2.34. The predicted octanol–water partition coefficient (Wildman–Crippen LogP) is 3.08. The SMILES string of the molecule is CN1[C@@H]2CC[C@@H]1C=C(c1ccc(F)cc1)C2. The molecule has 2 bridgehead atoms. The van der Waals surface area contributed by atoms with E-state index < -0.39 is 0 Å². The van der Waals surface area contributed by atoms with Gasteiger partial charge in [0.25, 0.3) is 0 Å². The molecule has 1 aromatic carbocycles. The summed E-state index contributed by atoms with van der Waals surface area (Å²) in [4.78, 5) is 2.47. The van der Waals surface area contributed by atoms with Crippen LogP contribution in [0.1, 0.15) is 24.8 Å². The van der Waals surface area contributed by atoms with E-state index >= 15 is 0 Å². The van der Waals surface area contributed by atoms with Gasteiger partial charge >= 0.3 is 0 Å². The Morgan fingerprint density at radius 3 is 2.62 bits per heavy atom. The Kier molecular flexibility index (Phi) is 2.32. The van der Waals surface area contributed by atoms with Crippen molar-refractivity contribution in [1.29, 1.82) is 0 Å². The van der Waals surface area contributed by atoms with Crippen molar-refractivity contribution < 1.29 is 4.39 Å². The van der Waals surface area contributed by atoms with E-state index in [1.54, 1.807) is 12.1 Å². The van der Waals surface area contributed by atoms with E-state index in [-0.39, 0.29) is 5.82 Å². The Morgan fingerprint density at radius 1 is 1.19 bits per heavy atom. The van der Waals surface area contributed by atoms with E-state index in [0.29, 0.717) is 12.1 Å². The third-order valence-corrected chi connectivity index (χ3v) is 3.96. The zero-order chi connectivity index (χ0) is 11.1. The van der Waals surface area contributed by atoms with Crippen molar-refractivity contribution in [3.63, 3.8) is 0 Å². The van der Waals surface area contributed by atoms with Crippen LogP contribution in [-0.2, 0) is 0 Å². The first-order valence-electron chi connectivity index (χ1n) is 5.92. The maximum Gasteiger partial charge on any atom is 0.123 e. The van der Waals surface area contributed by atoms with Gasteiger partial charge < -0.3 is 0 Å². The summed E-state index contributed by atoms with van der Waals surface area (Å²) in [6.45, 7) is 0. The molecule has 3 rings (SSSR count). The number of rotatable bonds is 1. The number of hydrogen-bond donors (Lipinski definition) is 0. The van der Waals surface area contributed by atoms with Gasteiger partial charge in [0.15, 0.2) is 0 Å². The Hall–Kier alpha value is -1.15. The minimum absolute atomic E-state index is 0.153. The second-order valence-corrected chi connectivity index (χ2v) is 4.87. The standard InChI is InChI=1S/C14H16FN/c1-16-13-6-7-14(16)9-11(8-13)10-2-4-12(15)5-3-10/h2-5,8,13-14H,6-7,9H2,1H3/t13-,14-/m1/s1. The Labute approximate surface area is 95.6 Å². The molecule has 16 heavy (non-hydrogen) atoms. The van der Waals surface area contributed by atoms with E-state index in [1.807, 2.05) is 12.1 Å². The van der Waals surface area contributed by atoms with Gasteiger partial charge in [0.2, 0.25) is 0 Å². The predicted molar refractivity (Wildman–Crippen MR) is 63.6 cm³/mol. The molecule has 1 fully saturated rings. The van der Waals surface area contributed by atoms with Gasteiger partial charge in [-0.15, -0.1) is 0 Å². The topological polar surface area (TPSA) is 3.24 Å². The fourth-order valence-electron chi connectivity index (χ4n) is 2.92. The fraction of sp³-hybridized carbons (Fsp3) is 0.429. The zero-order valence-electron chi connectivity index (χ0n) is 9.49. The summed E-state index contributed by atoms with van der Waals surface area (Å²) in [5, 5.41) is 0. The normalized spacial score (nSPS) is 29.2. The number of nitrogens with zero attached hydrogens (tertiary/aromatic N) is 1. The van der Waals surface area contributed by atoms with Gasteiger partial charge in [-0.2, -0.15) is 0 Å². The molecule has 2 aliphatic rings. The highest BCUT2D eigenvalue weighted by Crippen LogP contribution is 2.37. The molecule has 2 heteroatoms. The Bertz CT molecular complexity index is 421. The maximum atomic E-state index is 12.9. The van der Waals surface area contributed by atoms with Crippen molar-refractivity contribution in [1.82, 2.24) is 4.90 Å². The van der Waals surface area contributed by atoms with Crippen LogP contribution in [0.15, 0.2) is 30.3 Å². The van der Waals surface area contributed by atoms with Crippen LogP contribution in [0.4, 0.5) is 4.39 Å². The monoisotopic (exact) mass is 217 g/mol. The van der Waals surface area contributed by atoms with Crippen LogP contribution in [-0.4, -0.2) is 24.0 Å². The number of halogens is 1. The molecule has 84 valence electrons. The van der Waals surface area contributed by atoms with Crippen molar-refractivity contribution in [2.45, 2.75) is 31.3 Å². The van der Waals surface area contributed by atoms with Gasteiger partial charge in [-0.1, -0.05) is 18.2 Å². The molecule has 1 nitrogen and oxygen atoms in total. The van der Waals surface area contributed by atoms with E-state index in [1.165, 1.54) is 24.0 Å². The first kappa shape index (κ1) is 10.0. The van der Waals surface area contributed by atoms with Gasteiger partial charge in [-0.3, -0.25) is 4.90 Å². The molecule has 1 aromatic rings. The minimum atomic E-state index is -0.153. The van der Waals surface area contributed by atoms with Crippen LogP contribution in [0.2, 0.25) is 0 Å². The largest absolute Gasteiger partial charge is 0.297 e. The fourth-order valence-corrected chi connectivity index (χ4v) is 2.92. The second kappa shape index (κ2) is 3.70. The van der Waals surface area contributed by atoms with Gasteiger partial charge in [-0.25, -0.2) is 4.39 Å². The van der Waals surface area contributed by atoms with Crippen molar-refractivity contribution in [3.05, 3.63) is 41.7 Å². The number of likely N-dealkylation sites (N-methyl/N-ethyl adjacent to an activating group) is 1. The lowest BCUT2D eigenvalue weighted by atomic mass is 9.95. The second-order valence-electron chi connectivity index (χ2n) is 4.87. The van der Waals surface area contributed by atoms with Gasteiger partial charge in [0.1, 0.15) is 5.82 Å². The summed E-state index contributed by atoms with van der Waals surface area (Å²) in [5.74, 6) is -0.153. The Morgan fingerprint density at radius 2 is 1.94 bits per heavy atom. The summed E-state index contributed by atoms with van der Waals surface area (Å²) in [7, 11) is 2.21. The molecule has 2 atom stereocenters. The first-order valence-corrected chi connectivity index (χ1v) is 5.92. The van der Waals surface area contributed by atoms with Crippen LogP contribution < -0.4 is 0 Å². The molecular weight excluding hydrogens is 201 g/mol. The Balaban J connectivity index is 1.92. The van der Waals surface area contributed by atoms with Crippen molar-refractivity contribution >= 4 is 5.57 Å². The molecule has 0 saturated carbocycles. The highest BCUT2D eigenvalue weighted by Gasteiger charge is 2.33. The third-order valence-electron chi connectivity index (χ3n) is 3.96. The molecule has 0 aliphatic carbocycles.